The van der Waals surface area contributed by atoms with E-state index in [1.807, 2.05) is 0 Å². The lowest BCUT2D eigenvalue weighted by Crippen LogP contribution is -2.23. The summed E-state index contributed by atoms with van der Waals surface area (Å²) in [6, 6.07) is 4.65. The summed E-state index contributed by atoms with van der Waals surface area (Å²) in [5.74, 6) is 0.761. The molecule has 0 aromatic heterocycles. The molecule has 1 N–H and O–H groups in total. The van der Waals surface area contributed by atoms with Crippen molar-refractivity contribution in [1.82, 2.24) is 0 Å². The molecule has 1 saturated carbocycles. The Morgan fingerprint density at radius 2 is 1.74 bits per heavy atom. The van der Waals surface area contributed by atoms with Crippen LogP contribution in [0.2, 0.25) is 0 Å². The van der Waals surface area contributed by atoms with Gasteiger partial charge in [-0.05, 0) is 36.6 Å². The maximum absolute atomic E-state index is 12.3. The third kappa shape index (κ3) is 3.40. The summed E-state index contributed by atoms with van der Waals surface area (Å²) in [4.78, 5) is -0.729. The second-order valence-corrected chi connectivity index (χ2v) is 6.57. The van der Waals surface area contributed by atoms with Gasteiger partial charge in [0.25, 0.3) is 9.84 Å². The zero-order valence-corrected chi connectivity index (χ0v) is 10.9. The SMILES string of the molecule is O=S(=O)(c1ccc(NCCC2CC2)cc1)C(F)(F)F. The average Bonchev–Trinajstić information content (AvgIpc) is 3.12. The van der Waals surface area contributed by atoms with Gasteiger partial charge in [0.2, 0.25) is 0 Å². The number of hydrogen-bond donors (Lipinski definition) is 1. The van der Waals surface area contributed by atoms with Crippen LogP contribution >= 0.6 is 0 Å². The number of anilines is 1. The molecule has 1 fully saturated rings. The molecule has 19 heavy (non-hydrogen) atoms. The summed E-state index contributed by atoms with van der Waals surface area (Å²) in [7, 11) is -5.24. The van der Waals surface area contributed by atoms with E-state index in [1.54, 1.807) is 0 Å². The van der Waals surface area contributed by atoms with Crippen LogP contribution in [0.5, 0.6) is 0 Å². The third-order valence-electron chi connectivity index (χ3n) is 3.05. The molecule has 0 bridgehead atoms. The molecule has 3 nitrogen and oxygen atoms in total. The van der Waals surface area contributed by atoms with Crippen LogP contribution in [0, 0.1) is 5.92 Å². The van der Waals surface area contributed by atoms with Crippen molar-refractivity contribution in [1.29, 1.82) is 0 Å². The number of halogens is 3. The highest BCUT2D eigenvalue weighted by molar-refractivity contribution is 7.92. The van der Waals surface area contributed by atoms with Gasteiger partial charge in [-0.3, -0.25) is 0 Å². The van der Waals surface area contributed by atoms with Crippen molar-refractivity contribution in [3.8, 4) is 0 Å². The van der Waals surface area contributed by atoms with Crippen LogP contribution in [0.15, 0.2) is 29.2 Å². The van der Waals surface area contributed by atoms with E-state index >= 15 is 0 Å². The number of rotatable bonds is 5. The first-order chi connectivity index (χ1) is 8.80. The Kier molecular flexibility index (Phi) is 3.75. The minimum absolute atomic E-state index is 0.627. The maximum Gasteiger partial charge on any atom is 0.501 e. The predicted octanol–water partition coefficient (Wildman–Crippen LogP) is 3.19. The van der Waals surface area contributed by atoms with Crippen molar-refractivity contribution >= 4 is 15.5 Å². The molecule has 0 saturated heterocycles. The van der Waals surface area contributed by atoms with Gasteiger partial charge < -0.3 is 5.32 Å². The first kappa shape index (κ1) is 14.2. The third-order valence-corrected chi connectivity index (χ3v) is 4.55. The lowest BCUT2D eigenvalue weighted by molar-refractivity contribution is -0.0436. The zero-order chi connectivity index (χ0) is 14.1. The summed E-state index contributed by atoms with van der Waals surface area (Å²) >= 11 is 0. The van der Waals surface area contributed by atoms with E-state index in [2.05, 4.69) is 5.32 Å². The Balaban J connectivity index is 2.01. The lowest BCUT2D eigenvalue weighted by Gasteiger charge is -2.09. The maximum atomic E-state index is 12.3. The Morgan fingerprint density at radius 1 is 1.16 bits per heavy atom. The van der Waals surface area contributed by atoms with E-state index < -0.39 is 20.2 Å². The lowest BCUT2D eigenvalue weighted by atomic mass is 10.2. The standard InChI is InChI=1S/C12H14F3NO2S/c13-12(14,15)19(17,18)11-5-3-10(4-6-11)16-8-7-9-1-2-9/h3-6,9,16H,1-2,7-8H2. The fraction of sp³-hybridized carbons (Fsp3) is 0.500. The number of sulfone groups is 1. The van der Waals surface area contributed by atoms with Crippen LogP contribution in [0.1, 0.15) is 19.3 Å². The fourth-order valence-electron chi connectivity index (χ4n) is 1.71. The van der Waals surface area contributed by atoms with Crippen LogP contribution in [0.4, 0.5) is 18.9 Å². The molecular formula is C12H14F3NO2S. The highest BCUT2D eigenvalue weighted by Crippen LogP contribution is 2.32. The molecule has 1 aliphatic carbocycles. The van der Waals surface area contributed by atoms with Crippen molar-refractivity contribution in [2.24, 2.45) is 5.92 Å². The molecule has 0 amide bonds. The summed E-state index contributed by atoms with van der Waals surface area (Å²) in [6.45, 7) is 0.746. The smallest absolute Gasteiger partial charge is 0.385 e. The highest BCUT2D eigenvalue weighted by atomic mass is 32.2. The first-order valence-electron chi connectivity index (χ1n) is 5.96. The molecule has 1 aliphatic rings. The summed E-state index contributed by atoms with van der Waals surface area (Å²) in [5.41, 5.74) is -4.63. The van der Waals surface area contributed by atoms with Crippen molar-refractivity contribution in [2.75, 3.05) is 11.9 Å². The Labute approximate surface area is 109 Å². The molecule has 106 valence electrons. The van der Waals surface area contributed by atoms with Crippen LogP contribution in [0.3, 0.4) is 0 Å². The molecule has 7 heteroatoms. The quantitative estimate of drug-likeness (QED) is 0.907. The zero-order valence-electron chi connectivity index (χ0n) is 10.1. The van der Waals surface area contributed by atoms with Crippen LogP contribution < -0.4 is 5.32 Å². The molecule has 1 aromatic rings. The van der Waals surface area contributed by atoms with Crippen molar-refractivity contribution in [2.45, 2.75) is 29.7 Å². The summed E-state index contributed by atoms with van der Waals surface area (Å²) in [5, 5.41) is 3.06. The van der Waals surface area contributed by atoms with Crippen LogP contribution in [-0.2, 0) is 9.84 Å². The molecule has 0 spiro atoms. The van der Waals surface area contributed by atoms with E-state index in [0.29, 0.717) is 5.69 Å². The second kappa shape index (κ2) is 5.03. The van der Waals surface area contributed by atoms with E-state index in [1.165, 1.54) is 25.0 Å². The topological polar surface area (TPSA) is 46.2 Å². The number of hydrogen-bond acceptors (Lipinski definition) is 3. The van der Waals surface area contributed by atoms with Crippen molar-refractivity contribution < 1.29 is 21.6 Å². The number of benzene rings is 1. The van der Waals surface area contributed by atoms with Crippen LogP contribution in [-0.4, -0.2) is 20.5 Å². The van der Waals surface area contributed by atoms with Gasteiger partial charge in [0.05, 0.1) is 4.90 Å². The summed E-state index contributed by atoms with van der Waals surface area (Å²) < 4.78 is 59.2. The van der Waals surface area contributed by atoms with Gasteiger partial charge in [0, 0.05) is 12.2 Å². The minimum atomic E-state index is -5.26. The van der Waals surface area contributed by atoms with Gasteiger partial charge in [0.15, 0.2) is 0 Å². The molecule has 2 rings (SSSR count). The van der Waals surface area contributed by atoms with Crippen molar-refractivity contribution in [3.05, 3.63) is 24.3 Å². The average molecular weight is 293 g/mol. The van der Waals surface area contributed by atoms with E-state index in [4.69, 9.17) is 0 Å². The van der Waals surface area contributed by atoms with E-state index in [0.717, 1.165) is 31.0 Å². The Morgan fingerprint density at radius 3 is 2.21 bits per heavy atom. The monoisotopic (exact) mass is 293 g/mol. The normalized spacial score (nSPS) is 16.4. The van der Waals surface area contributed by atoms with Gasteiger partial charge in [-0.15, -0.1) is 0 Å². The summed E-state index contributed by atoms with van der Waals surface area (Å²) in [6.07, 6.45) is 3.51. The molecule has 0 radical (unpaired) electrons. The first-order valence-corrected chi connectivity index (χ1v) is 7.44. The van der Waals surface area contributed by atoms with Gasteiger partial charge >= 0.3 is 5.51 Å². The van der Waals surface area contributed by atoms with Gasteiger partial charge in [-0.1, -0.05) is 12.8 Å². The molecular weight excluding hydrogens is 279 g/mol. The van der Waals surface area contributed by atoms with E-state index in [9.17, 15) is 21.6 Å². The highest BCUT2D eigenvalue weighted by Gasteiger charge is 2.46. The Bertz CT molecular complexity index is 533. The van der Waals surface area contributed by atoms with Crippen molar-refractivity contribution in [3.63, 3.8) is 0 Å². The molecule has 0 aliphatic heterocycles. The van der Waals surface area contributed by atoms with Gasteiger partial charge in [0.1, 0.15) is 0 Å². The van der Waals surface area contributed by atoms with Gasteiger partial charge in [-0.25, -0.2) is 8.42 Å². The largest absolute Gasteiger partial charge is 0.501 e. The fourth-order valence-corrected chi connectivity index (χ4v) is 2.47. The molecule has 0 atom stereocenters. The predicted molar refractivity (Wildman–Crippen MR) is 65.5 cm³/mol. The molecule has 0 heterocycles. The van der Waals surface area contributed by atoms with E-state index in [-0.39, 0.29) is 0 Å². The van der Waals surface area contributed by atoms with Crippen LogP contribution in [0.25, 0.3) is 0 Å². The molecule has 0 unspecified atom stereocenters. The Hall–Kier alpha value is -1.24. The minimum Gasteiger partial charge on any atom is -0.385 e. The molecule has 1 aromatic carbocycles. The number of nitrogens with one attached hydrogen (secondary N) is 1. The second-order valence-electron chi connectivity index (χ2n) is 4.63. The van der Waals surface area contributed by atoms with Gasteiger partial charge in [-0.2, -0.15) is 13.2 Å². The number of alkyl halides is 3.